The molecular formula is C14H19F3N2OS. The smallest absolute Gasteiger partial charge is 0.330 e. The Balaban J connectivity index is 2.84. The number of hydrogen-bond acceptors (Lipinski definition) is 3. The van der Waals surface area contributed by atoms with Gasteiger partial charge in [-0.2, -0.15) is 13.2 Å². The molecule has 3 N–H and O–H groups in total. The summed E-state index contributed by atoms with van der Waals surface area (Å²) in [5.74, 6) is -0.473. The molecule has 0 radical (unpaired) electrons. The van der Waals surface area contributed by atoms with E-state index in [9.17, 15) is 18.0 Å². The number of carbonyl (C=O) groups excluding carboxylic acids is 1. The van der Waals surface area contributed by atoms with Gasteiger partial charge < -0.3 is 11.1 Å². The Kier molecular flexibility index (Phi) is 6.54. The van der Waals surface area contributed by atoms with E-state index in [2.05, 4.69) is 5.32 Å². The third-order valence-corrected chi connectivity index (χ3v) is 3.59. The third kappa shape index (κ3) is 6.39. The van der Waals surface area contributed by atoms with E-state index in [4.69, 9.17) is 5.73 Å². The van der Waals surface area contributed by atoms with Crippen LogP contribution in [0.1, 0.15) is 20.3 Å². The number of carbonyl (C=O) groups is 1. The lowest BCUT2D eigenvalue weighted by Crippen LogP contribution is -2.30. The normalized spacial score (nSPS) is 13.3. The molecule has 1 amide bonds. The van der Waals surface area contributed by atoms with Crippen molar-refractivity contribution in [3.05, 3.63) is 24.3 Å². The molecule has 1 atom stereocenters. The zero-order valence-electron chi connectivity index (χ0n) is 11.9. The molecule has 1 unspecified atom stereocenters. The van der Waals surface area contributed by atoms with Crippen LogP contribution in [0.25, 0.3) is 0 Å². The van der Waals surface area contributed by atoms with Gasteiger partial charge in [-0.25, -0.2) is 0 Å². The number of para-hydroxylation sites is 1. The monoisotopic (exact) mass is 320 g/mol. The predicted molar refractivity (Wildman–Crippen MR) is 79.0 cm³/mol. The van der Waals surface area contributed by atoms with Gasteiger partial charge in [0.25, 0.3) is 0 Å². The van der Waals surface area contributed by atoms with E-state index in [0.29, 0.717) is 6.42 Å². The summed E-state index contributed by atoms with van der Waals surface area (Å²) in [6.45, 7) is 4.09. The van der Waals surface area contributed by atoms with Crippen LogP contribution in [0.4, 0.5) is 18.9 Å². The van der Waals surface area contributed by atoms with E-state index in [0.717, 1.165) is 0 Å². The largest absolute Gasteiger partial charge is 0.446 e. The molecule has 0 bridgehead atoms. The number of hydrogen-bond donors (Lipinski definition) is 2. The number of benzene rings is 1. The fourth-order valence-corrected chi connectivity index (χ4v) is 2.52. The fourth-order valence-electron chi connectivity index (χ4n) is 1.90. The molecule has 0 saturated heterocycles. The van der Waals surface area contributed by atoms with Crippen molar-refractivity contribution in [1.29, 1.82) is 0 Å². The van der Waals surface area contributed by atoms with E-state index >= 15 is 0 Å². The molecule has 0 aliphatic heterocycles. The van der Waals surface area contributed by atoms with Crippen molar-refractivity contribution in [3.63, 3.8) is 0 Å². The van der Waals surface area contributed by atoms with Gasteiger partial charge >= 0.3 is 5.51 Å². The molecule has 7 heteroatoms. The van der Waals surface area contributed by atoms with Crippen LogP contribution < -0.4 is 11.1 Å². The van der Waals surface area contributed by atoms with Gasteiger partial charge in [-0.15, -0.1) is 0 Å². The van der Waals surface area contributed by atoms with Crippen LogP contribution in [0.15, 0.2) is 29.2 Å². The number of amides is 1. The average molecular weight is 320 g/mol. The topological polar surface area (TPSA) is 55.1 Å². The summed E-state index contributed by atoms with van der Waals surface area (Å²) in [4.78, 5) is 12.1. The second kappa shape index (κ2) is 7.70. The third-order valence-electron chi connectivity index (χ3n) is 2.78. The Morgan fingerprint density at radius 2 is 1.95 bits per heavy atom. The number of nitrogens with one attached hydrogen (secondary N) is 1. The summed E-state index contributed by atoms with van der Waals surface area (Å²) in [6, 6.07) is 5.86. The van der Waals surface area contributed by atoms with Crippen LogP contribution in [0.2, 0.25) is 0 Å². The minimum Gasteiger partial charge on any atom is -0.330 e. The Morgan fingerprint density at radius 3 is 2.48 bits per heavy atom. The average Bonchev–Trinajstić information content (AvgIpc) is 2.36. The second-order valence-electron chi connectivity index (χ2n) is 5.10. The first kappa shape index (κ1) is 17.8. The van der Waals surface area contributed by atoms with Gasteiger partial charge in [0.05, 0.1) is 11.6 Å². The highest BCUT2D eigenvalue weighted by Gasteiger charge is 2.30. The lowest BCUT2D eigenvalue weighted by atomic mass is 9.96. The molecule has 0 saturated carbocycles. The Morgan fingerprint density at radius 1 is 1.33 bits per heavy atom. The lowest BCUT2D eigenvalue weighted by molar-refractivity contribution is -0.120. The number of alkyl halides is 3. The summed E-state index contributed by atoms with van der Waals surface area (Å²) < 4.78 is 37.5. The van der Waals surface area contributed by atoms with Gasteiger partial charge in [0.1, 0.15) is 0 Å². The van der Waals surface area contributed by atoms with E-state index in [-0.39, 0.29) is 40.7 Å². The van der Waals surface area contributed by atoms with Gasteiger partial charge in [-0.1, -0.05) is 26.0 Å². The van der Waals surface area contributed by atoms with Gasteiger partial charge in [0.15, 0.2) is 0 Å². The van der Waals surface area contributed by atoms with Crippen LogP contribution in [0, 0.1) is 11.8 Å². The summed E-state index contributed by atoms with van der Waals surface area (Å²) in [5.41, 5.74) is 1.33. The van der Waals surface area contributed by atoms with Crippen molar-refractivity contribution in [3.8, 4) is 0 Å². The highest BCUT2D eigenvalue weighted by molar-refractivity contribution is 8.00. The van der Waals surface area contributed by atoms with Gasteiger partial charge in [0.2, 0.25) is 5.91 Å². The Hall–Kier alpha value is -1.21. The highest BCUT2D eigenvalue weighted by atomic mass is 32.2. The Labute approximate surface area is 126 Å². The number of nitrogens with two attached hydrogens (primary N) is 1. The van der Waals surface area contributed by atoms with Crippen molar-refractivity contribution in [1.82, 2.24) is 0 Å². The van der Waals surface area contributed by atoms with E-state index < -0.39 is 11.4 Å². The van der Waals surface area contributed by atoms with Gasteiger partial charge in [-0.05, 0) is 36.2 Å². The lowest BCUT2D eigenvalue weighted by Gasteiger charge is -2.18. The predicted octanol–water partition coefficient (Wildman–Crippen LogP) is 3.86. The van der Waals surface area contributed by atoms with Crippen molar-refractivity contribution in [2.75, 3.05) is 11.9 Å². The molecule has 0 spiro atoms. The first-order valence-corrected chi connectivity index (χ1v) is 7.40. The quantitative estimate of drug-likeness (QED) is 0.783. The maximum atomic E-state index is 12.5. The van der Waals surface area contributed by atoms with Crippen LogP contribution in [-0.4, -0.2) is 18.0 Å². The molecule has 118 valence electrons. The van der Waals surface area contributed by atoms with Gasteiger partial charge in [-0.3, -0.25) is 4.79 Å². The molecule has 21 heavy (non-hydrogen) atoms. The summed E-state index contributed by atoms with van der Waals surface area (Å²) in [7, 11) is 0. The van der Waals surface area contributed by atoms with Crippen LogP contribution >= 0.6 is 11.8 Å². The van der Waals surface area contributed by atoms with Crippen molar-refractivity contribution < 1.29 is 18.0 Å². The van der Waals surface area contributed by atoms with Crippen molar-refractivity contribution in [2.45, 2.75) is 30.7 Å². The first-order chi connectivity index (χ1) is 9.73. The number of anilines is 1. The first-order valence-electron chi connectivity index (χ1n) is 6.58. The van der Waals surface area contributed by atoms with E-state index in [1.807, 2.05) is 13.8 Å². The van der Waals surface area contributed by atoms with Gasteiger partial charge in [0, 0.05) is 11.4 Å². The molecule has 0 aliphatic rings. The summed E-state index contributed by atoms with van der Waals surface area (Å²) in [5, 5.41) is 2.55. The van der Waals surface area contributed by atoms with Crippen molar-refractivity contribution >= 4 is 23.4 Å². The fraction of sp³-hybridized carbons (Fsp3) is 0.500. The molecule has 3 nitrogen and oxygen atoms in total. The van der Waals surface area contributed by atoms with Crippen molar-refractivity contribution in [2.24, 2.45) is 17.6 Å². The maximum absolute atomic E-state index is 12.5. The number of thioether (sulfide) groups is 1. The second-order valence-corrected chi connectivity index (χ2v) is 6.20. The highest BCUT2D eigenvalue weighted by Crippen LogP contribution is 2.40. The SMILES string of the molecule is CC(C)CC(CN)C(=O)Nc1ccccc1SC(F)(F)F. The minimum absolute atomic E-state index is 0.0290. The molecule has 1 aromatic carbocycles. The van der Waals surface area contributed by atoms with E-state index in [1.165, 1.54) is 18.2 Å². The van der Waals surface area contributed by atoms with E-state index in [1.54, 1.807) is 6.07 Å². The zero-order valence-corrected chi connectivity index (χ0v) is 12.7. The zero-order chi connectivity index (χ0) is 16.0. The number of rotatable bonds is 6. The molecule has 0 fully saturated rings. The molecule has 0 aliphatic carbocycles. The standard InChI is InChI=1S/C14H19F3N2OS/c1-9(2)7-10(8-18)13(20)19-11-5-3-4-6-12(11)21-14(15,16)17/h3-6,9-10H,7-8,18H2,1-2H3,(H,19,20). The molecule has 1 aromatic rings. The van der Waals surface area contributed by atoms with Crippen LogP contribution in [0.3, 0.4) is 0 Å². The molecular weight excluding hydrogens is 301 g/mol. The Bertz CT molecular complexity index is 478. The van der Waals surface area contributed by atoms with Crippen LogP contribution in [-0.2, 0) is 4.79 Å². The number of halogens is 3. The minimum atomic E-state index is -4.40. The molecule has 1 rings (SSSR count). The molecule has 0 heterocycles. The van der Waals surface area contributed by atoms with Crippen LogP contribution in [0.5, 0.6) is 0 Å². The summed E-state index contributed by atoms with van der Waals surface area (Å²) >= 11 is -0.243. The molecule has 0 aromatic heterocycles. The maximum Gasteiger partial charge on any atom is 0.446 e. The summed E-state index contributed by atoms with van der Waals surface area (Å²) in [6.07, 6.45) is 0.594.